The number of nitro groups is 1. The molecule has 0 unspecified atom stereocenters. The van der Waals surface area contributed by atoms with E-state index in [-0.39, 0.29) is 16.5 Å². The molecule has 0 saturated carbocycles. The highest BCUT2D eigenvalue weighted by molar-refractivity contribution is 6.32. The Kier molecular flexibility index (Phi) is 9.21. The summed E-state index contributed by atoms with van der Waals surface area (Å²) < 4.78 is 26.0. The Bertz CT molecular complexity index is 1730. The van der Waals surface area contributed by atoms with Gasteiger partial charge in [0.25, 0.3) is 11.6 Å². The molecule has 43 heavy (non-hydrogen) atoms. The Morgan fingerprint density at radius 2 is 2.00 bits per heavy atom. The molecule has 0 bridgehead atoms. The summed E-state index contributed by atoms with van der Waals surface area (Å²) in [6.07, 6.45) is 2.05. The van der Waals surface area contributed by atoms with Crippen molar-refractivity contribution in [3.05, 3.63) is 86.9 Å². The number of nitriles is 1. The average molecular weight is 606 g/mol. The number of halogens is 2. The highest BCUT2D eigenvalue weighted by Gasteiger charge is 2.20. The maximum Gasteiger partial charge on any atom is 0.270 e. The van der Waals surface area contributed by atoms with Gasteiger partial charge < -0.3 is 20.1 Å². The second-order valence-corrected chi connectivity index (χ2v) is 9.96. The van der Waals surface area contributed by atoms with E-state index in [1.807, 2.05) is 6.07 Å². The molecule has 1 amide bonds. The van der Waals surface area contributed by atoms with Crippen LogP contribution in [0.3, 0.4) is 0 Å². The second kappa shape index (κ2) is 13.4. The molecular formula is C29H25ClFN7O5. The van der Waals surface area contributed by atoms with Crippen molar-refractivity contribution in [2.24, 2.45) is 0 Å². The SMILES string of the molecule is N#Cc1ccc(Nc2ncnc3cc(OCCCN4CCOCC4)c(NC(=O)c4cc([N+](=O)[O-])ccc4F)cc23)cc1Cl. The smallest absolute Gasteiger partial charge is 0.270 e. The van der Waals surface area contributed by atoms with Crippen molar-refractivity contribution in [1.82, 2.24) is 14.9 Å². The number of amides is 1. The molecule has 3 aromatic carbocycles. The number of nitro benzene ring substituents is 1. The van der Waals surface area contributed by atoms with E-state index in [0.29, 0.717) is 54.2 Å². The van der Waals surface area contributed by atoms with E-state index in [2.05, 4.69) is 25.5 Å². The first-order valence-corrected chi connectivity index (χ1v) is 13.6. The molecule has 0 aliphatic carbocycles. The van der Waals surface area contributed by atoms with Crippen molar-refractivity contribution in [2.75, 3.05) is 50.1 Å². The lowest BCUT2D eigenvalue weighted by Gasteiger charge is -2.26. The first-order valence-electron chi connectivity index (χ1n) is 13.3. The van der Waals surface area contributed by atoms with Crippen LogP contribution in [-0.4, -0.2) is 65.2 Å². The lowest BCUT2D eigenvalue weighted by Crippen LogP contribution is -2.37. The summed E-state index contributed by atoms with van der Waals surface area (Å²) in [7, 11) is 0. The summed E-state index contributed by atoms with van der Waals surface area (Å²) in [6, 6.07) is 12.7. The number of nitrogens with zero attached hydrogens (tertiary/aromatic N) is 5. The summed E-state index contributed by atoms with van der Waals surface area (Å²) in [5, 5.41) is 26.9. The predicted molar refractivity (Wildman–Crippen MR) is 157 cm³/mol. The van der Waals surface area contributed by atoms with Gasteiger partial charge in [-0.25, -0.2) is 14.4 Å². The second-order valence-electron chi connectivity index (χ2n) is 9.55. The van der Waals surface area contributed by atoms with E-state index in [1.54, 1.807) is 30.3 Å². The van der Waals surface area contributed by atoms with E-state index < -0.39 is 27.9 Å². The molecule has 4 aromatic rings. The van der Waals surface area contributed by atoms with Crippen LogP contribution in [0.4, 0.5) is 27.3 Å². The number of morpholine rings is 1. The van der Waals surface area contributed by atoms with Gasteiger partial charge in [-0.05, 0) is 36.8 Å². The summed E-state index contributed by atoms with van der Waals surface area (Å²) in [4.78, 5) is 34.6. The van der Waals surface area contributed by atoms with Crippen molar-refractivity contribution < 1.29 is 23.6 Å². The topological polar surface area (TPSA) is 156 Å². The fraction of sp³-hybridized carbons (Fsp3) is 0.241. The van der Waals surface area contributed by atoms with Crippen LogP contribution in [0.2, 0.25) is 5.02 Å². The largest absolute Gasteiger partial charge is 0.491 e. The molecule has 1 saturated heterocycles. The summed E-state index contributed by atoms with van der Waals surface area (Å²) in [5.74, 6) is -1.18. The molecule has 5 rings (SSSR count). The van der Waals surface area contributed by atoms with Crippen molar-refractivity contribution >= 4 is 51.3 Å². The van der Waals surface area contributed by atoms with Crippen molar-refractivity contribution in [1.29, 1.82) is 5.26 Å². The molecule has 1 fully saturated rings. The number of carbonyl (C=O) groups is 1. The first kappa shape index (κ1) is 29.6. The van der Waals surface area contributed by atoms with Crippen LogP contribution in [0.25, 0.3) is 10.9 Å². The number of hydrogen-bond donors (Lipinski definition) is 2. The van der Waals surface area contributed by atoms with Gasteiger partial charge in [0.05, 0.1) is 52.1 Å². The van der Waals surface area contributed by atoms with E-state index in [9.17, 15) is 19.3 Å². The van der Waals surface area contributed by atoms with Gasteiger partial charge in [-0.1, -0.05) is 11.6 Å². The van der Waals surface area contributed by atoms with Crippen LogP contribution in [-0.2, 0) is 4.74 Å². The molecule has 0 spiro atoms. The van der Waals surface area contributed by atoms with E-state index >= 15 is 0 Å². The molecule has 1 aliphatic rings. The van der Waals surface area contributed by atoms with Crippen molar-refractivity contribution in [2.45, 2.75) is 6.42 Å². The number of non-ortho nitro benzene ring substituents is 1. The third kappa shape index (κ3) is 7.12. The van der Waals surface area contributed by atoms with Crippen LogP contribution in [0.1, 0.15) is 22.3 Å². The molecular weight excluding hydrogens is 581 g/mol. The lowest BCUT2D eigenvalue weighted by atomic mass is 10.1. The predicted octanol–water partition coefficient (Wildman–Crippen LogP) is 5.30. The molecule has 12 nitrogen and oxygen atoms in total. The fourth-order valence-corrected chi connectivity index (χ4v) is 4.73. The highest BCUT2D eigenvalue weighted by atomic mass is 35.5. The van der Waals surface area contributed by atoms with Gasteiger partial charge >= 0.3 is 0 Å². The maximum absolute atomic E-state index is 14.6. The Morgan fingerprint density at radius 3 is 2.74 bits per heavy atom. The zero-order chi connectivity index (χ0) is 30.3. The maximum atomic E-state index is 14.6. The Morgan fingerprint density at radius 1 is 1.19 bits per heavy atom. The third-order valence-corrected chi connectivity index (χ3v) is 7.04. The van der Waals surface area contributed by atoms with E-state index in [4.69, 9.17) is 26.3 Å². The quantitative estimate of drug-likeness (QED) is 0.138. The number of hydrogen-bond acceptors (Lipinski definition) is 10. The Hall–Kier alpha value is -4.90. The van der Waals surface area contributed by atoms with Crippen LogP contribution in [0.5, 0.6) is 5.75 Å². The molecule has 220 valence electrons. The van der Waals surface area contributed by atoms with Gasteiger partial charge in [0, 0.05) is 48.9 Å². The molecule has 0 radical (unpaired) electrons. The van der Waals surface area contributed by atoms with Gasteiger partial charge in [-0.3, -0.25) is 19.8 Å². The average Bonchev–Trinajstić information content (AvgIpc) is 3.00. The van der Waals surface area contributed by atoms with Gasteiger partial charge in [0.2, 0.25) is 0 Å². The standard InChI is InChI=1S/C29H25ClFN7O5/c30-23-12-19(3-2-18(23)16-32)35-28-22-14-26(36-29(39)21-13-20(38(40)41)4-5-24(21)31)27(15-25(22)33-17-34-28)43-9-1-6-37-7-10-42-11-8-37/h2-5,12-15,17H,1,6-11H2,(H,36,39)(H,33,34,35). The minimum absolute atomic E-state index is 0.186. The number of ether oxygens (including phenoxy) is 2. The van der Waals surface area contributed by atoms with Crippen molar-refractivity contribution in [3.8, 4) is 11.8 Å². The zero-order valence-electron chi connectivity index (χ0n) is 22.7. The Labute approximate surface area is 250 Å². The van der Waals surface area contributed by atoms with Gasteiger partial charge in [0.1, 0.15) is 29.8 Å². The molecule has 1 aromatic heterocycles. The minimum atomic E-state index is -0.916. The molecule has 0 atom stereocenters. The minimum Gasteiger partial charge on any atom is -0.491 e. The molecule has 1 aliphatic heterocycles. The Balaban J connectivity index is 1.46. The number of benzene rings is 3. The fourth-order valence-electron chi connectivity index (χ4n) is 4.51. The number of rotatable bonds is 10. The molecule has 14 heteroatoms. The summed E-state index contributed by atoms with van der Waals surface area (Å²) >= 11 is 6.19. The molecule has 2 heterocycles. The van der Waals surface area contributed by atoms with Gasteiger partial charge in [-0.15, -0.1) is 0 Å². The number of carbonyl (C=O) groups excluding carboxylic acids is 1. The van der Waals surface area contributed by atoms with Crippen LogP contribution in [0.15, 0.2) is 54.9 Å². The molecule has 2 N–H and O–H groups in total. The summed E-state index contributed by atoms with van der Waals surface area (Å²) in [5.41, 5.74) is 0.615. The number of aromatic nitrogens is 2. The highest BCUT2D eigenvalue weighted by Crippen LogP contribution is 2.34. The number of nitrogens with one attached hydrogen (secondary N) is 2. The first-order chi connectivity index (χ1) is 20.8. The number of fused-ring (bicyclic) bond motifs is 1. The lowest BCUT2D eigenvalue weighted by molar-refractivity contribution is -0.384. The number of anilines is 3. The van der Waals surface area contributed by atoms with Crippen LogP contribution < -0.4 is 15.4 Å². The van der Waals surface area contributed by atoms with Gasteiger partial charge in [0.15, 0.2) is 0 Å². The van der Waals surface area contributed by atoms with Crippen LogP contribution >= 0.6 is 11.6 Å². The van der Waals surface area contributed by atoms with E-state index in [1.165, 1.54) is 6.33 Å². The monoisotopic (exact) mass is 605 g/mol. The third-order valence-electron chi connectivity index (χ3n) is 6.72. The van der Waals surface area contributed by atoms with Crippen LogP contribution in [0, 0.1) is 27.3 Å². The zero-order valence-corrected chi connectivity index (χ0v) is 23.4. The summed E-state index contributed by atoms with van der Waals surface area (Å²) in [6.45, 7) is 4.14. The van der Waals surface area contributed by atoms with E-state index in [0.717, 1.165) is 37.8 Å². The normalized spacial score (nSPS) is 13.3. The van der Waals surface area contributed by atoms with Gasteiger partial charge in [-0.2, -0.15) is 5.26 Å². The van der Waals surface area contributed by atoms with Crippen molar-refractivity contribution in [3.63, 3.8) is 0 Å².